The largest absolute Gasteiger partial charge is 0.458 e. The number of hydrogen-bond acceptors (Lipinski definition) is 6. The van der Waals surface area contributed by atoms with Crippen molar-refractivity contribution in [1.82, 2.24) is 0 Å². The number of hydrogen-bond donors (Lipinski definition) is 2. The van der Waals surface area contributed by atoms with Gasteiger partial charge in [-0.1, -0.05) is 0 Å². The van der Waals surface area contributed by atoms with E-state index in [0.29, 0.717) is 0 Å². The number of nitrogens with two attached hydrogens (primary N) is 1. The summed E-state index contributed by atoms with van der Waals surface area (Å²) in [6.45, 7) is 1.56. The van der Waals surface area contributed by atoms with Crippen LogP contribution in [0.5, 0.6) is 0 Å². The Kier molecular flexibility index (Phi) is 2.44. The highest BCUT2D eigenvalue weighted by molar-refractivity contribution is 5.66. The maximum atomic E-state index is 10.8. The number of rotatable bonds is 1. The van der Waals surface area contributed by atoms with Gasteiger partial charge in [0, 0.05) is 6.92 Å². The predicted octanol–water partition coefficient (Wildman–Crippen LogP) is -1.64. The van der Waals surface area contributed by atoms with E-state index in [1.165, 1.54) is 6.92 Å². The van der Waals surface area contributed by atoms with Crippen molar-refractivity contribution in [3.63, 3.8) is 0 Å². The van der Waals surface area contributed by atoms with Gasteiger partial charge in [0.1, 0.15) is 12.2 Å². The van der Waals surface area contributed by atoms with Crippen LogP contribution in [0.2, 0.25) is 0 Å². The molecule has 6 heteroatoms. The van der Waals surface area contributed by atoms with Gasteiger partial charge in [-0.25, -0.2) is 0 Å². The van der Waals surface area contributed by atoms with Crippen molar-refractivity contribution in [2.75, 3.05) is 6.61 Å². The van der Waals surface area contributed by atoms with Crippen LogP contribution in [0.3, 0.4) is 0 Å². The second-order valence-electron chi connectivity index (χ2n) is 3.52. The molecule has 0 amide bonds. The highest BCUT2D eigenvalue weighted by atomic mass is 16.7. The van der Waals surface area contributed by atoms with Gasteiger partial charge in [0.2, 0.25) is 0 Å². The number of aliphatic hydroxyl groups excluding tert-OH is 1. The van der Waals surface area contributed by atoms with Crippen molar-refractivity contribution in [3.05, 3.63) is 0 Å². The first-order valence-corrected chi connectivity index (χ1v) is 4.47. The lowest BCUT2D eigenvalue weighted by Crippen LogP contribution is -2.59. The number of carbonyl (C=O) groups is 1. The Morgan fingerprint density at radius 1 is 1.64 bits per heavy atom. The van der Waals surface area contributed by atoms with Crippen LogP contribution in [-0.4, -0.2) is 48.3 Å². The van der Waals surface area contributed by atoms with Crippen LogP contribution in [0.4, 0.5) is 0 Å². The third kappa shape index (κ3) is 1.50. The first-order chi connectivity index (χ1) is 6.59. The molecule has 6 nitrogen and oxygen atoms in total. The van der Waals surface area contributed by atoms with Gasteiger partial charge in [-0.05, 0) is 0 Å². The third-order valence-corrected chi connectivity index (χ3v) is 2.45. The van der Waals surface area contributed by atoms with Gasteiger partial charge in [0.15, 0.2) is 12.4 Å². The van der Waals surface area contributed by atoms with Crippen LogP contribution < -0.4 is 5.73 Å². The molecule has 2 heterocycles. The molecule has 80 valence electrons. The van der Waals surface area contributed by atoms with Crippen LogP contribution in [0, 0.1) is 0 Å². The molecule has 0 aliphatic carbocycles. The molecule has 2 aliphatic rings. The molecule has 2 saturated heterocycles. The van der Waals surface area contributed by atoms with Gasteiger partial charge in [0.05, 0.1) is 12.6 Å². The van der Waals surface area contributed by atoms with Crippen molar-refractivity contribution in [2.45, 2.75) is 37.6 Å². The number of fused-ring (bicyclic) bond motifs is 2. The molecular formula is C8H13NO5. The Balaban J connectivity index is 2.10. The zero-order valence-corrected chi connectivity index (χ0v) is 7.75. The molecule has 2 aliphatic heterocycles. The molecule has 0 radical (unpaired) electrons. The summed E-state index contributed by atoms with van der Waals surface area (Å²) in [5.74, 6) is -0.467. The van der Waals surface area contributed by atoms with E-state index >= 15 is 0 Å². The van der Waals surface area contributed by atoms with E-state index in [1.807, 2.05) is 0 Å². The number of ether oxygens (including phenoxy) is 3. The Morgan fingerprint density at radius 3 is 3.00 bits per heavy atom. The normalized spacial score (nSPS) is 46.4. The van der Waals surface area contributed by atoms with Gasteiger partial charge in [-0.2, -0.15) is 0 Å². The van der Waals surface area contributed by atoms with Crippen LogP contribution >= 0.6 is 0 Å². The van der Waals surface area contributed by atoms with Crippen molar-refractivity contribution >= 4 is 5.97 Å². The monoisotopic (exact) mass is 203 g/mol. The molecule has 2 rings (SSSR count). The van der Waals surface area contributed by atoms with Crippen LogP contribution in [-0.2, 0) is 19.0 Å². The van der Waals surface area contributed by atoms with Crippen molar-refractivity contribution in [3.8, 4) is 0 Å². The molecule has 0 aromatic carbocycles. The van der Waals surface area contributed by atoms with Gasteiger partial charge in [0.25, 0.3) is 0 Å². The van der Waals surface area contributed by atoms with Crippen LogP contribution in [0.25, 0.3) is 0 Å². The summed E-state index contributed by atoms with van der Waals surface area (Å²) in [6.07, 6.45) is -2.66. The zero-order valence-electron chi connectivity index (χ0n) is 7.75. The van der Waals surface area contributed by atoms with Gasteiger partial charge in [-0.3, -0.25) is 4.79 Å². The minimum atomic E-state index is -0.910. The topological polar surface area (TPSA) is 91.0 Å². The van der Waals surface area contributed by atoms with Gasteiger partial charge >= 0.3 is 5.97 Å². The molecule has 0 spiro atoms. The summed E-state index contributed by atoms with van der Waals surface area (Å²) in [7, 11) is 0. The third-order valence-electron chi connectivity index (χ3n) is 2.45. The summed E-state index contributed by atoms with van der Waals surface area (Å²) in [5.41, 5.74) is 5.71. The van der Waals surface area contributed by atoms with E-state index in [9.17, 15) is 9.90 Å². The van der Waals surface area contributed by atoms with Crippen molar-refractivity contribution in [2.24, 2.45) is 5.73 Å². The standard InChI is InChI=1S/C8H13NO5/c1-3(10)13-7-5(9)8-12-2-4(14-8)6(7)11/h4-8,11H,2,9H2,1H3/t4?,5-,6+,7?,8+/m0/s1. The summed E-state index contributed by atoms with van der Waals surface area (Å²) < 4.78 is 15.3. The summed E-state index contributed by atoms with van der Waals surface area (Å²) in [6, 6.07) is -0.632. The van der Waals surface area contributed by atoms with E-state index < -0.39 is 36.6 Å². The highest BCUT2D eigenvalue weighted by Crippen LogP contribution is 2.28. The molecule has 5 atom stereocenters. The summed E-state index contributed by atoms with van der Waals surface area (Å²) >= 11 is 0. The Morgan fingerprint density at radius 2 is 2.36 bits per heavy atom. The summed E-state index contributed by atoms with van der Waals surface area (Å²) in [5, 5.41) is 9.71. The molecule has 3 N–H and O–H groups in total. The minimum absolute atomic E-state index is 0.289. The Bertz CT molecular complexity index is 230. The van der Waals surface area contributed by atoms with E-state index in [-0.39, 0.29) is 6.61 Å². The maximum absolute atomic E-state index is 10.8. The molecule has 2 unspecified atom stereocenters. The maximum Gasteiger partial charge on any atom is 0.303 e. The Labute approximate surface area is 80.9 Å². The fourth-order valence-corrected chi connectivity index (χ4v) is 1.76. The minimum Gasteiger partial charge on any atom is -0.458 e. The zero-order chi connectivity index (χ0) is 10.3. The second kappa shape index (κ2) is 3.47. The van der Waals surface area contributed by atoms with Crippen LogP contribution in [0.1, 0.15) is 6.92 Å². The lowest BCUT2D eigenvalue weighted by Gasteiger charge is -2.35. The molecule has 14 heavy (non-hydrogen) atoms. The average molecular weight is 203 g/mol. The van der Waals surface area contributed by atoms with E-state index in [4.69, 9.17) is 19.9 Å². The first kappa shape index (κ1) is 9.85. The number of carbonyl (C=O) groups excluding carboxylic acids is 1. The Hall–Kier alpha value is -0.690. The van der Waals surface area contributed by atoms with E-state index in [1.54, 1.807) is 0 Å². The van der Waals surface area contributed by atoms with E-state index in [2.05, 4.69) is 0 Å². The van der Waals surface area contributed by atoms with Gasteiger partial charge in [-0.15, -0.1) is 0 Å². The second-order valence-corrected chi connectivity index (χ2v) is 3.52. The van der Waals surface area contributed by atoms with Crippen LogP contribution in [0.15, 0.2) is 0 Å². The predicted molar refractivity (Wildman–Crippen MR) is 44.1 cm³/mol. The highest BCUT2D eigenvalue weighted by Gasteiger charge is 2.50. The quantitative estimate of drug-likeness (QED) is 0.497. The number of aliphatic hydroxyl groups is 1. The molecule has 2 fully saturated rings. The van der Waals surface area contributed by atoms with E-state index in [0.717, 1.165) is 0 Å². The SMILES string of the molecule is CC(=O)OC1[C@H](O)C2CO[C@H](O2)[C@H]1N. The van der Waals surface area contributed by atoms with Gasteiger partial charge < -0.3 is 25.1 Å². The fraction of sp³-hybridized carbons (Fsp3) is 0.875. The molecule has 0 aromatic heterocycles. The van der Waals surface area contributed by atoms with Crippen molar-refractivity contribution < 1.29 is 24.1 Å². The molecule has 2 bridgehead atoms. The lowest BCUT2D eigenvalue weighted by atomic mass is 9.99. The number of esters is 1. The average Bonchev–Trinajstić information content (AvgIpc) is 2.55. The molecular weight excluding hydrogens is 190 g/mol. The molecule has 0 aromatic rings. The fourth-order valence-electron chi connectivity index (χ4n) is 1.76. The van der Waals surface area contributed by atoms with Crippen molar-refractivity contribution in [1.29, 1.82) is 0 Å². The first-order valence-electron chi connectivity index (χ1n) is 4.47. The lowest BCUT2D eigenvalue weighted by molar-refractivity contribution is -0.197. The summed E-state index contributed by atoms with van der Waals surface area (Å²) in [4.78, 5) is 10.8. The smallest absolute Gasteiger partial charge is 0.303 e. The molecule has 0 saturated carbocycles.